The molecule has 9 heteroatoms. The molecule has 0 fully saturated rings. The summed E-state index contributed by atoms with van der Waals surface area (Å²) in [5.41, 5.74) is 0.971. The van der Waals surface area contributed by atoms with Gasteiger partial charge in [-0.1, -0.05) is 34.8 Å². The highest BCUT2D eigenvalue weighted by molar-refractivity contribution is 6.38. The number of amides is 2. The second-order valence-corrected chi connectivity index (χ2v) is 6.11. The standard InChI is InChI=1S/C15H14Cl3FN4O/c1-23(5-4-21-14-11(17)7-20-8-12(14)18)15(24)22-9-2-3-13(19)10(16)6-9/h2-3,6-8H,4-5H2,1H3,(H,20,21)(H,22,24). The first-order valence-corrected chi connectivity index (χ1v) is 8.02. The van der Waals surface area contributed by atoms with Gasteiger partial charge >= 0.3 is 6.03 Å². The summed E-state index contributed by atoms with van der Waals surface area (Å²) in [4.78, 5) is 17.4. The minimum Gasteiger partial charge on any atom is -0.381 e. The Kier molecular flexibility index (Phi) is 6.48. The molecule has 2 N–H and O–H groups in total. The Morgan fingerprint density at radius 2 is 1.88 bits per heavy atom. The number of aromatic nitrogens is 1. The van der Waals surface area contributed by atoms with E-state index in [1.807, 2.05) is 0 Å². The summed E-state index contributed by atoms with van der Waals surface area (Å²) in [5.74, 6) is -0.543. The van der Waals surface area contributed by atoms with Gasteiger partial charge in [0.05, 0.1) is 20.8 Å². The molecular formula is C15H14Cl3FN4O. The predicted molar refractivity (Wildman–Crippen MR) is 95.8 cm³/mol. The summed E-state index contributed by atoms with van der Waals surface area (Å²) in [5, 5.41) is 6.42. The predicted octanol–water partition coefficient (Wildman–Crippen LogP) is 4.76. The number of nitrogens with zero attached hydrogens (tertiary/aromatic N) is 2. The normalized spacial score (nSPS) is 10.4. The van der Waals surface area contributed by atoms with Crippen LogP contribution >= 0.6 is 34.8 Å². The third-order valence-corrected chi connectivity index (χ3v) is 3.98. The van der Waals surface area contributed by atoms with E-state index in [0.717, 1.165) is 0 Å². The molecule has 0 atom stereocenters. The number of hydrogen-bond donors (Lipinski definition) is 2. The zero-order chi connectivity index (χ0) is 17.7. The molecular weight excluding hydrogens is 378 g/mol. The van der Waals surface area contributed by atoms with Crippen LogP contribution in [0.5, 0.6) is 0 Å². The molecule has 5 nitrogen and oxygen atoms in total. The van der Waals surface area contributed by atoms with Crippen molar-refractivity contribution >= 4 is 52.2 Å². The van der Waals surface area contributed by atoms with E-state index in [9.17, 15) is 9.18 Å². The number of pyridine rings is 1. The van der Waals surface area contributed by atoms with E-state index >= 15 is 0 Å². The van der Waals surface area contributed by atoms with Gasteiger partial charge < -0.3 is 15.5 Å². The third-order valence-electron chi connectivity index (χ3n) is 3.12. The van der Waals surface area contributed by atoms with Crippen LogP contribution in [0.25, 0.3) is 0 Å². The molecule has 0 spiro atoms. The average molecular weight is 392 g/mol. The molecule has 2 amide bonds. The van der Waals surface area contributed by atoms with Crippen molar-refractivity contribution < 1.29 is 9.18 Å². The van der Waals surface area contributed by atoms with E-state index in [0.29, 0.717) is 34.5 Å². The van der Waals surface area contributed by atoms with Crippen molar-refractivity contribution in [3.8, 4) is 0 Å². The number of benzene rings is 1. The highest BCUT2D eigenvalue weighted by atomic mass is 35.5. The van der Waals surface area contributed by atoms with Crippen LogP contribution in [-0.4, -0.2) is 36.1 Å². The summed E-state index contributed by atoms with van der Waals surface area (Å²) in [6, 6.07) is 3.61. The number of anilines is 2. The van der Waals surface area contributed by atoms with E-state index in [1.54, 1.807) is 7.05 Å². The molecule has 0 saturated carbocycles. The fraction of sp³-hybridized carbons (Fsp3) is 0.200. The van der Waals surface area contributed by atoms with E-state index in [-0.39, 0.29) is 11.1 Å². The Bertz CT molecular complexity index is 724. The maximum atomic E-state index is 13.1. The van der Waals surface area contributed by atoms with E-state index < -0.39 is 5.82 Å². The minimum absolute atomic E-state index is 0.0564. The molecule has 0 bridgehead atoms. The van der Waals surface area contributed by atoms with Crippen molar-refractivity contribution in [3.05, 3.63) is 51.5 Å². The number of carbonyl (C=O) groups excluding carboxylic acids is 1. The second-order valence-electron chi connectivity index (χ2n) is 4.89. The monoisotopic (exact) mass is 390 g/mol. The van der Waals surface area contributed by atoms with Crippen LogP contribution in [0.3, 0.4) is 0 Å². The maximum Gasteiger partial charge on any atom is 0.321 e. The molecule has 1 aromatic carbocycles. The third kappa shape index (κ3) is 4.87. The average Bonchev–Trinajstić information content (AvgIpc) is 2.53. The molecule has 1 aromatic heterocycles. The molecule has 0 saturated heterocycles. The SMILES string of the molecule is CN(CCNc1c(Cl)cncc1Cl)C(=O)Nc1ccc(F)c(Cl)c1. The van der Waals surface area contributed by atoms with Crippen LogP contribution in [0.2, 0.25) is 15.1 Å². The first kappa shape index (κ1) is 18.6. The van der Waals surface area contributed by atoms with Gasteiger partial charge in [-0.2, -0.15) is 0 Å². The molecule has 0 aliphatic heterocycles. The zero-order valence-corrected chi connectivity index (χ0v) is 14.9. The summed E-state index contributed by atoms with van der Waals surface area (Å²) in [7, 11) is 1.62. The number of nitrogens with one attached hydrogen (secondary N) is 2. The van der Waals surface area contributed by atoms with Crippen LogP contribution in [0.1, 0.15) is 0 Å². The first-order chi connectivity index (χ1) is 11.4. The topological polar surface area (TPSA) is 57.3 Å². The van der Waals surface area contributed by atoms with Gasteiger partial charge in [0.15, 0.2) is 0 Å². The highest BCUT2D eigenvalue weighted by Gasteiger charge is 2.11. The van der Waals surface area contributed by atoms with Gasteiger partial charge in [-0.05, 0) is 18.2 Å². The lowest BCUT2D eigenvalue weighted by atomic mass is 10.3. The van der Waals surface area contributed by atoms with Gasteiger partial charge in [0, 0.05) is 38.2 Å². The van der Waals surface area contributed by atoms with Gasteiger partial charge in [0.2, 0.25) is 0 Å². The number of carbonyl (C=O) groups is 1. The summed E-state index contributed by atoms with van der Waals surface area (Å²) < 4.78 is 13.1. The number of halogens is 4. The van der Waals surface area contributed by atoms with Crippen LogP contribution < -0.4 is 10.6 Å². The van der Waals surface area contributed by atoms with Crippen molar-refractivity contribution in [2.75, 3.05) is 30.8 Å². The van der Waals surface area contributed by atoms with Crippen LogP contribution in [0.15, 0.2) is 30.6 Å². The van der Waals surface area contributed by atoms with E-state index in [4.69, 9.17) is 34.8 Å². The van der Waals surface area contributed by atoms with Crippen molar-refractivity contribution in [3.63, 3.8) is 0 Å². The number of rotatable bonds is 5. The molecule has 0 aliphatic rings. The van der Waals surface area contributed by atoms with Gasteiger partial charge in [0.25, 0.3) is 0 Å². The first-order valence-electron chi connectivity index (χ1n) is 6.88. The molecule has 0 aliphatic carbocycles. The fourth-order valence-electron chi connectivity index (χ4n) is 1.82. The van der Waals surface area contributed by atoms with Gasteiger partial charge in [-0.15, -0.1) is 0 Å². The lowest BCUT2D eigenvalue weighted by molar-refractivity contribution is 0.224. The molecule has 128 valence electrons. The Hall–Kier alpha value is -1.76. The smallest absolute Gasteiger partial charge is 0.321 e. The van der Waals surface area contributed by atoms with Crippen molar-refractivity contribution in [2.24, 2.45) is 0 Å². The molecule has 0 unspecified atom stereocenters. The molecule has 24 heavy (non-hydrogen) atoms. The van der Waals surface area contributed by atoms with E-state index in [2.05, 4.69) is 15.6 Å². The van der Waals surface area contributed by atoms with Gasteiger partial charge in [0.1, 0.15) is 5.82 Å². The molecule has 2 aromatic rings. The van der Waals surface area contributed by atoms with Crippen molar-refractivity contribution in [2.45, 2.75) is 0 Å². The van der Waals surface area contributed by atoms with Gasteiger partial charge in [-0.3, -0.25) is 4.98 Å². The fourth-order valence-corrected chi connectivity index (χ4v) is 2.50. The maximum absolute atomic E-state index is 13.1. The Balaban J connectivity index is 1.86. The number of likely N-dealkylation sites (N-methyl/N-ethyl adjacent to an activating group) is 1. The Morgan fingerprint density at radius 3 is 2.50 bits per heavy atom. The minimum atomic E-state index is -0.543. The number of hydrogen-bond acceptors (Lipinski definition) is 3. The van der Waals surface area contributed by atoms with Crippen LogP contribution in [0, 0.1) is 5.82 Å². The number of urea groups is 1. The van der Waals surface area contributed by atoms with Crippen LogP contribution in [0.4, 0.5) is 20.6 Å². The van der Waals surface area contributed by atoms with Crippen molar-refractivity contribution in [1.29, 1.82) is 0 Å². The summed E-state index contributed by atoms with van der Waals surface area (Å²) >= 11 is 17.7. The summed E-state index contributed by atoms with van der Waals surface area (Å²) in [6.07, 6.45) is 2.95. The van der Waals surface area contributed by atoms with Crippen LogP contribution in [-0.2, 0) is 0 Å². The molecule has 0 radical (unpaired) electrons. The summed E-state index contributed by atoms with van der Waals surface area (Å²) in [6.45, 7) is 0.813. The largest absolute Gasteiger partial charge is 0.381 e. The van der Waals surface area contributed by atoms with Gasteiger partial charge in [-0.25, -0.2) is 9.18 Å². The lowest BCUT2D eigenvalue weighted by Gasteiger charge is -2.19. The van der Waals surface area contributed by atoms with E-state index in [1.165, 1.54) is 35.5 Å². The Morgan fingerprint density at radius 1 is 1.21 bits per heavy atom. The quantitative estimate of drug-likeness (QED) is 0.773. The van der Waals surface area contributed by atoms with Crippen molar-refractivity contribution in [1.82, 2.24) is 9.88 Å². The lowest BCUT2D eigenvalue weighted by Crippen LogP contribution is -2.35. The zero-order valence-electron chi connectivity index (χ0n) is 12.6. The highest BCUT2D eigenvalue weighted by Crippen LogP contribution is 2.28. The second kappa shape index (κ2) is 8.37. The molecule has 1 heterocycles. The molecule has 2 rings (SSSR count). The Labute approximate surface area is 153 Å².